The van der Waals surface area contributed by atoms with Crippen molar-refractivity contribution in [3.63, 3.8) is 0 Å². The van der Waals surface area contributed by atoms with E-state index < -0.39 is 0 Å². The van der Waals surface area contributed by atoms with Crippen molar-refractivity contribution in [1.29, 1.82) is 0 Å². The van der Waals surface area contributed by atoms with Gasteiger partial charge in [-0.15, -0.1) is 0 Å². The molecular formula is C25H29N3O2. The first-order chi connectivity index (χ1) is 14.6. The van der Waals surface area contributed by atoms with E-state index in [9.17, 15) is 9.59 Å². The average molecular weight is 404 g/mol. The SMILES string of the molecule is Cc1ccc2[nH]c(=O)c(CCC(=O)NCCCN3CCc4ccccc4C3)cc2c1. The molecule has 1 aromatic heterocycles. The Hall–Kier alpha value is -2.92. The molecule has 0 saturated heterocycles. The molecule has 0 aliphatic carbocycles. The number of carbonyl (C=O) groups is 1. The minimum atomic E-state index is -0.107. The molecule has 0 spiro atoms. The maximum atomic E-state index is 12.3. The van der Waals surface area contributed by atoms with Crippen LogP contribution >= 0.6 is 0 Å². The fourth-order valence-electron chi connectivity index (χ4n) is 4.17. The molecule has 0 atom stereocenters. The highest BCUT2D eigenvalue weighted by molar-refractivity contribution is 5.80. The van der Waals surface area contributed by atoms with E-state index in [0.29, 0.717) is 24.9 Å². The van der Waals surface area contributed by atoms with Crippen LogP contribution in [-0.4, -0.2) is 35.4 Å². The summed E-state index contributed by atoms with van der Waals surface area (Å²) in [6.07, 6.45) is 2.82. The number of amides is 1. The predicted molar refractivity (Wildman–Crippen MR) is 121 cm³/mol. The van der Waals surface area contributed by atoms with Crippen molar-refractivity contribution >= 4 is 16.8 Å². The summed E-state index contributed by atoms with van der Waals surface area (Å²) < 4.78 is 0. The Kier molecular flexibility index (Phi) is 6.29. The maximum Gasteiger partial charge on any atom is 0.251 e. The van der Waals surface area contributed by atoms with Gasteiger partial charge in [0, 0.05) is 43.7 Å². The average Bonchev–Trinajstić information content (AvgIpc) is 2.75. The maximum absolute atomic E-state index is 12.3. The molecular weight excluding hydrogens is 374 g/mol. The van der Waals surface area contributed by atoms with Gasteiger partial charge >= 0.3 is 0 Å². The summed E-state index contributed by atoms with van der Waals surface area (Å²) in [5.41, 5.74) is 5.42. The van der Waals surface area contributed by atoms with Crippen LogP contribution < -0.4 is 10.9 Å². The zero-order valence-corrected chi connectivity index (χ0v) is 17.5. The number of benzene rings is 2. The van der Waals surface area contributed by atoms with Crippen LogP contribution in [0.2, 0.25) is 0 Å². The summed E-state index contributed by atoms with van der Waals surface area (Å²) in [6.45, 7) is 5.76. The number of fused-ring (bicyclic) bond motifs is 2. The Morgan fingerprint density at radius 3 is 2.83 bits per heavy atom. The van der Waals surface area contributed by atoms with Crippen LogP contribution in [0.4, 0.5) is 0 Å². The van der Waals surface area contributed by atoms with Gasteiger partial charge in [0.05, 0.1) is 0 Å². The molecule has 156 valence electrons. The van der Waals surface area contributed by atoms with E-state index in [4.69, 9.17) is 0 Å². The highest BCUT2D eigenvalue weighted by Crippen LogP contribution is 2.18. The van der Waals surface area contributed by atoms with Crippen molar-refractivity contribution in [2.45, 2.75) is 39.2 Å². The first kappa shape index (κ1) is 20.4. The number of aryl methyl sites for hydroxylation is 2. The number of carbonyl (C=O) groups excluding carboxylic acids is 1. The standard InChI is InChI=1S/C25H29N3O2/c1-18-7-9-23-22(15-18)16-20(25(30)27-23)8-10-24(29)26-12-4-13-28-14-11-19-5-2-3-6-21(19)17-28/h2-3,5-7,9,15-16H,4,8,10-14,17H2,1H3,(H,26,29)(H,27,30). The van der Waals surface area contributed by atoms with E-state index >= 15 is 0 Å². The Morgan fingerprint density at radius 2 is 1.97 bits per heavy atom. The van der Waals surface area contributed by atoms with Gasteiger partial charge in [-0.05, 0) is 60.9 Å². The first-order valence-electron chi connectivity index (χ1n) is 10.8. The second-order valence-corrected chi connectivity index (χ2v) is 8.21. The highest BCUT2D eigenvalue weighted by atomic mass is 16.1. The van der Waals surface area contributed by atoms with Crippen molar-refractivity contribution in [2.24, 2.45) is 0 Å². The topological polar surface area (TPSA) is 65.2 Å². The lowest BCUT2D eigenvalue weighted by Gasteiger charge is -2.28. The van der Waals surface area contributed by atoms with Gasteiger partial charge in [0.15, 0.2) is 0 Å². The third kappa shape index (κ3) is 4.97. The summed E-state index contributed by atoms with van der Waals surface area (Å²) in [6, 6.07) is 16.5. The Labute approximate surface area is 177 Å². The van der Waals surface area contributed by atoms with Crippen LogP contribution in [0.15, 0.2) is 53.3 Å². The number of pyridine rings is 1. The summed E-state index contributed by atoms with van der Waals surface area (Å²) in [5.74, 6) is 0.00253. The molecule has 30 heavy (non-hydrogen) atoms. The number of hydrogen-bond acceptors (Lipinski definition) is 3. The number of aromatic amines is 1. The van der Waals surface area contributed by atoms with Gasteiger partial charge in [-0.3, -0.25) is 14.5 Å². The fourth-order valence-corrected chi connectivity index (χ4v) is 4.17. The third-order valence-corrected chi connectivity index (χ3v) is 5.88. The zero-order chi connectivity index (χ0) is 20.9. The number of H-pyrrole nitrogens is 1. The van der Waals surface area contributed by atoms with Gasteiger partial charge in [-0.2, -0.15) is 0 Å². The molecule has 0 bridgehead atoms. The van der Waals surface area contributed by atoms with Gasteiger partial charge in [-0.25, -0.2) is 0 Å². The van der Waals surface area contributed by atoms with Crippen LogP contribution in [-0.2, 0) is 24.2 Å². The van der Waals surface area contributed by atoms with Crippen LogP contribution in [0, 0.1) is 6.92 Å². The number of aromatic nitrogens is 1. The number of rotatable bonds is 7. The number of hydrogen-bond donors (Lipinski definition) is 2. The van der Waals surface area contributed by atoms with Gasteiger partial charge < -0.3 is 10.3 Å². The quantitative estimate of drug-likeness (QED) is 0.595. The van der Waals surface area contributed by atoms with Gasteiger partial charge in [0.1, 0.15) is 0 Å². The molecule has 2 heterocycles. The minimum absolute atomic E-state index is 0.00253. The van der Waals surface area contributed by atoms with Gasteiger partial charge in [0.25, 0.3) is 5.56 Å². The normalized spacial score (nSPS) is 13.9. The van der Waals surface area contributed by atoms with E-state index in [2.05, 4.69) is 39.5 Å². The zero-order valence-electron chi connectivity index (χ0n) is 17.5. The molecule has 0 radical (unpaired) electrons. The molecule has 2 aromatic carbocycles. The van der Waals surface area contributed by atoms with E-state index in [1.54, 1.807) is 0 Å². The van der Waals surface area contributed by atoms with Gasteiger partial charge in [0.2, 0.25) is 5.91 Å². The Bertz CT molecular complexity index is 1100. The lowest BCUT2D eigenvalue weighted by atomic mass is 10.00. The largest absolute Gasteiger partial charge is 0.356 e. The van der Waals surface area contributed by atoms with Crippen molar-refractivity contribution in [2.75, 3.05) is 19.6 Å². The molecule has 5 nitrogen and oxygen atoms in total. The Morgan fingerprint density at radius 1 is 1.13 bits per heavy atom. The van der Waals surface area contributed by atoms with Crippen molar-refractivity contribution in [1.82, 2.24) is 15.2 Å². The fraction of sp³-hybridized carbons (Fsp3) is 0.360. The summed E-state index contributed by atoms with van der Waals surface area (Å²) >= 11 is 0. The van der Waals surface area contributed by atoms with Crippen LogP contribution in [0.3, 0.4) is 0 Å². The second kappa shape index (κ2) is 9.26. The first-order valence-corrected chi connectivity index (χ1v) is 10.8. The number of nitrogens with one attached hydrogen (secondary N) is 2. The lowest BCUT2D eigenvalue weighted by Crippen LogP contribution is -2.33. The molecule has 1 aliphatic rings. The summed E-state index contributed by atoms with van der Waals surface area (Å²) in [5, 5.41) is 4.01. The molecule has 4 rings (SSSR count). The molecule has 0 fully saturated rings. The summed E-state index contributed by atoms with van der Waals surface area (Å²) in [4.78, 5) is 29.8. The van der Waals surface area contributed by atoms with Crippen LogP contribution in [0.5, 0.6) is 0 Å². The molecule has 0 saturated carbocycles. The predicted octanol–water partition coefficient (Wildman–Crippen LogP) is 3.33. The second-order valence-electron chi connectivity index (χ2n) is 8.21. The van der Waals surface area contributed by atoms with E-state index in [1.807, 2.05) is 31.2 Å². The lowest BCUT2D eigenvalue weighted by molar-refractivity contribution is -0.121. The van der Waals surface area contributed by atoms with E-state index in [0.717, 1.165) is 48.9 Å². The van der Waals surface area contributed by atoms with E-state index in [1.165, 1.54) is 11.1 Å². The van der Waals surface area contributed by atoms with Crippen molar-refractivity contribution in [3.8, 4) is 0 Å². The highest BCUT2D eigenvalue weighted by Gasteiger charge is 2.15. The molecule has 1 amide bonds. The molecule has 2 N–H and O–H groups in total. The monoisotopic (exact) mass is 403 g/mol. The van der Waals surface area contributed by atoms with Crippen LogP contribution in [0.25, 0.3) is 10.9 Å². The van der Waals surface area contributed by atoms with Gasteiger partial charge in [-0.1, -0.05) is 35.9 Å². The third-order valence-electron chi connectivity index (χ3n) is 5.88. The smallest absolute Gasteiger partial charge is 0.251 e. The molecule has 5 heteroatoms. The van der Waals surface area contributed by atoms with E-state index in [-0.39, 0.29) is 11.5 Å². The van der Waals surface area contributed by atoms with Crippen molar-refractivity contribution < 1.29 is 4.79 Å². The number of nitrogens with zero attached hydrogens (tertiary/aromatic N) is 1. The van der Waals surface area contributed by atoms with Crippen molar-refractivity contribution in [3.05, 3.63) is 81.1 Å². The molecule has 0 unspecified atom stereocenters. The Balaban J connectivity index is 1.21. The molecule has 1 aliphatic heterocycles. The molecule has 3 aromatic rings. The summed E-state index contributed by atoms with van der Waals surface area (Å²) in [7, 11) is 0. The van der Waals surface area contributed by atoms with Crippen LogP contribution in [0.1, 0.15) is 35.1 Å². The minimum Gasteiger partial charge on any atom is -0.356 e.